The number of aliphatic hydroxyl groups is 1. The van der Waals surface area contributed by atoms with Crippen LogP contribution in [0.15, 0.2) is 61.2 Å². The summed E-state index contributed by atoms with van der Waals surface area (Å²) in [7, 11) is 2.02. The molecule has 0 unspecified atom stereocenters. The number of likely N-dealkylation sites (N-methyl/N-ethyl adjacent to an activating group) is 1. The van der Waals surface area contributed by atoms with E-state index in [-0.39, 0.29) is 24.7 Å². The SMILES string of the molecule is C=CCN(C)C[C@@H]1O[C@H](c2ccc(NC(=O)C(Cl)(Cl)Cl)cc2)O[C@H](c2ccc(CO)cc2)[C@@H]1C. The van der Waals surface area contributed by atoms with Gasteiger partial charge in [0.15, 0.2) is 6.29 Å². The third-order valence-electron chi connectivity index (χ3n) is 5.75. The van der Waals surface area contributed by atoms with Gasteiger partial charge in [-0.05, 0) is 30.3 Å². The first-order chi connectivity index (χ1) is 16.1. The van der Waals surface area contributed by atoms with Crippen LogP contribution < -0.4 is 5.32 Å². The minimum atomic E-state index is -2.05. The van der Waals surface area contributed by atoms with Crippen molar-refractivity contribution >= 4 is 46.4 Å². The van der Waals surface area contributed by atoms with Crippen LogP contribution in [0.4, 0.5) is 5.69 Å². The van der Waals surface area contributed by atoms with Crippen molar-refractivity contribution in [3.05, 3.63) is 77.9 Å². The lowest BCUT2D eigenvalue weighted by Crippen LogP contribution is -2.43. The van der Waals surface area contributed by atoms with Crippen LogP contribution in [0, 0.1) is 5.92 Å². The molecule has 2 aromatic carbocycles. The maximum absolute atomic E-state index is 11.9. The van der Waals surface area contributed by atoms with Gasteiger partial charge in [0.25, 0.3) is 9.70 Å². The zero-order chi connectivity index (χ0) is 24.9. The molecule has 1 aliphatic rings. The number of amides is 1. The molecule has 0 radical (unpaired) electrons. The zero-order valence-electron chi connectivity index (χ0n) is 19.1. The van der Waals surface area contributed by atoms with Crippen molar-refractivity contribution in [2.75, 3.05) is 25.5 Å². The van der Waals surface area contributed by atoms with Gasteiger partial charge >= 0.3 is 0 Å². The fourth-order valence-corrected chi connectivity index (χ4v) is 4.00. The number of rotatable bonds is 8. The van der Waals surface area contributed by atoms with Crippen LogP contribution >= 0.6 is 34.8 Å². The average molecular weight is 528 g/mol. The summed E-state index contributed by atoms with van der Waals surface area (Å²) in [5, 5.41) is 11.9. The fourth-order valence-electron chi connectivity index (χ4n) is 3.86. The Bertz CT molecular complexity index is 964. The van der Waals surface area contributed by atoms with E-state index in [2.05, 4.69) is 23.7 Å². The summed E-state index contributed by atoms with van der Waals surface area (Å²) in [4.78, 5) is 14.1. The first-order valence-electron chi connectivity index (χ1n) is 10.9. The fraction of sp³-hybridized carbons (Fsp3) is 0.400. The van der Waals surface area contributed by atoms with Crippen LogP contribution in [0.25, 0.3) is 0 Å². The molecular weight excluding hydrogens is 499 g/mol. The predicted molar refractivity (Wildman–Crippen MR) is 136 cm³/mol. The van der Waals surface area contributed by atoms with Crippen molar-refractivity contribution in [2.24, 2.45) is 5.92 Å². The minimum Gasteiger partial charge on any atom is -0.392 e. The summed E-state index contributed by atoms with van der Waals surface area (Å²) in [6.07, 6.45) is 0.933. The molecule has 0 spiro atoms. The van der Waals surface area contributed by atoms with Gasteiger partial charge in [-0.25, -0.2) is 0 Å². The maximum Gasteiger partial charge on any atom is 0.276 e. The third-order valence-corrected chi connectivity index (χ3v) is 6.27. The highest BCUT2D eigenvalue weighted by Gasteiger charge is 2.38. The molecule has 2 aromatic rings. The van der Waals surface area contributed by atoms with Crippen LogP contribution in [-0.4, -0.2) is 45.9 Å². The number of ether oxygens (including phenoxy) is 2. The van der Waals surface area contributed by atoms with Gasteiger partial charge in [0.05, 0.1) is 18.8 Å². The number of nitrogens with zero attached hydrogens (tertiary/aromatic N) is 1. The van der Waals surface area contributed by atoms with Crippen LogP contribution in [0.5, 0.6) is 0 Å². The topological polar surface area (TPSA) is 71.0 Å². The number of alkyl halides is 3. The number of anilines is 1. The van der Waals surface area contributed by atoms with E-state index in [9.17, 15) is 9.90 Å². The second-order valence-corrected chi connectivity index (χ2v) is 10.7. The van der Waals surface area contributed by atoms with E-state index in [1.165, 1.54) is 0 Å². The highest BCUT2D eigenvalue weighted by molar-refractivity contribution is 6.76. The number of benzene rings is 2. The number of hydrogen-bond donors (Lipinski definition) is 2. The van der Waals surface area contributed by atoms with Crippen LogP contribution in [0.2, 0.25) is 0 Å². The van der Waals surface area contributed by atoms with E-state index in [4.69, 9.17) is 44.3 Å². The molecule has 3 rings (SSSR count). The maximum atomic E-state index is 11.9. The molecule has 1 aliphatic heterocycles. The molecular formula is C25H29Cl3N2O4. The molecule has 0 bridgehead atoms. The molecule has 34 heavy (non-hydrogen) atoms. The Morgan fingerprint density at radius 2 is 1.74 bits per heavy atom. The van der Waals surface area contributed by atoms with Gasteiger partial charge in [-0.2, -0.15) is 0 Å². The van der Waals surface area contributed by atoms with Gasteiger partial charge in [-0.15, -0.1) is 6.58 Å². The van der Waals surface area contributed by atoms with Gasteiger partial charge in [0, 0.05) is 30.3 Å². The second kappa shape index (κ2) is 11.9. The summed E-state index contributed by atoms with van der Waals surface area (Å²) in [6, 6.07) is 14.8. The Morgan fingerprint density at radius 1 is 1.12 bits per heavy atom. The quantitative estimate of drug-likeness (QED) is 0.355. The molecule has 6 nitrogen and oxygen atoms in total. The Hall–Kier alpha value is -1.64. The monoisotopic (exact) mass is 526 g/mol. The lowest BCUT2D eigenvalue weighted by molar-refractivity contribution is -0.275. The molecule has 1 amide bonds. The standard InChI is InChI=1S/C25H29Cl3N2O4/c1-4-13-30(3)14-21-16(2)22(18-7-5-17(15-31)6-8-18)34-23(33-21)19-9-11-20(12-10-19)29-24(32)25(26,27)28/h4-12,16,21-23,31H,1,13-15H2,2-3H3,(H,29,32)/t16-,21+,22+,23+/m1/s1. The Balaban J connectivity index is 1.83. The first kappa shape index (κ1) is 27.0. The second-order valence-electron chi connectivity index (χ2n) is 8.41. The Kier molecular flexibility index (Phi) is 9.41. The molecule has 0 saturated carbocycles. The van der Waals surface area contributed by atoms with Crippen LogP contribution in [0.3, 0.4) is 0 Å². The minimum absolute atomic E-state index is 0.0107. The van der Waals surface area contributed by atoms with Crippen molar-refractivity contribution in [1.29, 1.82) is 0 Å². The Labute approximate surface area is 215 Å². The number of aliphatic hydroxyl groups excluding tert-OH is 1. The van der Waals surface area contributed by atoms with Gasteiger partial charge in [-0.3, -0.25) is 4.79 Å². The van der Waals surface area contributed by atoms with Crippen molar-refractivity contribution in [2.45, 2.75) is 35.8 Å². The van der Waals surface area contributed by atoms with E-state index in [0.29, 0.717) is 12.2 Å². The Morgan fingerprint density at radius 3 is 2.29 bits per heavy atom. The van der Waals surface area contributed by atoms with Gasteiger partial charge in [-0.1, -0.05) is 84.2 Å². The lowest BCUT2D eigenvalue weighted by atomic mass is 9.90. The van der Waals surface area contributed by atoms with Crippen LogP contribution in [0.1, 0.15) is 36.0 Å². The van der Waals surface area contributed by atoms with E-state index in [1.807, 2.05) is 49.5 Å². The summed E-state index contributed by atoms with van der Waals surface area (Å²) in [6.45, 7) is 7.36. The van der Waals surface area contributed by atoms with Gasteiger partial charge < -0.3 is 24.8 Å². The van der Waals surface area contributed by atoms with Crippen molar-refractivity contribution in [1.82, 2.24) is 4.90 Å². The highest BCUT2D eigenvalue weighted by atomic mass is 35.6. The van der Waals surface area contributed by atoms with E-state index >= 15 is 0 Å². The summed E-state index contributed by atoms with van der Waals surface area (Å²) < 4.78 is 10.8. The molecule has 0 aromatic heterocycles. The van der Waals surface area contributed by atoms with Crippen LogP contribution in [-0.2, 0) is 20.9 Å². The number of hydrogen-bond acceptors (Lipinski definition) is 5. The largest absolute Gasteiger partial charge is 0.392 e. The molecule has 1 heterocycles. The molecule has 2 N–H and O–H groups in total. The molecule has 4 atom stereocenters. The lowest BCUT2D eigenvalue weighted by Gasteiger charge is -2.42. The molecule has 1 saturated heterocycles. The van der Waals surface area contributed by atoms with Crippen molar-refractivity contribution < 1.29 is 19.4 Å². The number of halogens is 3. The number of carbonyl (C=O) groups is 1. The normalized spacial score (nSPS) is 23.0. The average Bonchev–Trinajstić information content (AvgIpc) is 2.80. The van der Waals surface area contributed by atoms with E-state index in [1.54, 1.807) is 12.1 Å². The first-order valence-corrected chi connectivity index (χ1v) is 12.0. The summed E-state index contributed by atoms with van der Waals surface area (Å²) >= 11 is 16.9. The molecule has 1 fully saturated rings. The van der Waals surface area contributed by atoms with Gasteiger partial charge in [0.1, 0.15) is 0 Å². The van der Waals surface area contributed by atoms with E-state index < -0.39 is 16.0 Å². The van der Waals surface area contributed by atoms with Crippen molar-refractivity contribution in [3.63, 3.8) is 0 Å². The highest BCUT2D eigenvalue weighted by Crippen LogP contribution is 2.42. The summed E-state index contributed by atoms with van der Waals surface area (Å²) in [5.74, 6) is -0.660. The third kappa shape index (κ3) is 6.95. The van der Waals surface area contributed by atoms with E-state index in [0.717, 1.165) is 23.2 Å². The predicted octanol–water partition coefficient (Wildman–Crippen LogP) is 5.40. The number of carbonyl (C=O) groups excluding carboxylic acids is 1. The molecule has 9 heteroatoms. The van der Waals surface area contributed by atoms with Gasteiger partial charge in [0.2, 0.25) is 0 Å². The smallest absolute Gasteiger partial charge is 0.276 e. The number of nitrogens with one attached hydrogen (secondary N) is 1. The molecule has 0 aliphatic carbocycles. The summed E-state index contributed by atoms with van der Waals surface area (Å²) in [5.41, 5.74) is 3.14. The van der Waals surface area contributed by atoms with Crippen molar-refractivity contribution in [3.8, 4) is 0 Å². The molecule has 184 valence electrons. The zero-order valence-corrected chi connectivity index (χ0v) is 21.4.